The van der Waals surface area contributed by atoms with Gasteiger partial charge in [-0.05, 0) is 56.7 Å². The van der Waals surface area contributed by atoms with Crippen LogP contribution in [0.15, 0.2) is 0 Å². The number of nitrogens with one attached hydrogen (secondary N) is 1. The maximum Gasteiger partial charge on any atom is 0.327 e. The van der Waals surface area contributed by atoms with Gasteiger partial charge >= 0.3 is 5.97 Å². The number of hydrogen-bond donors (Lipinski definition) is 1. The Morgan fingerprint density at radius 3 is 2.38 bits per heavy atom. The normalized spacial score (nSPS) is 25.3. The molecule has 1 aliphatic heterocycles. The van der Waals surface area contributed by atoms with Crippen molar-refractivity contribution in [1.29, 1.82) is 0 Å². The molecule has 2 aliphatic rings. The minimum absolute atomic E-state index is 0.0734. The van der Waals surface area contributed by atoms with Gasteiger partial charge in [0, 0.05) is 6.54 Å². The molecule has 1 atom stereocenters. The minimum atomic E-state index is -0.483. The van der Waals surface area contributed by atoms with E-state index in [0.29, 0.717) is 11.3 Å². The Bertz CT molecular complexity index is 360. The molecular weight excluding hydrogens is 264 g/mol. The Balaban J connectivity index is 2.04. The zero-order valence-corrected chi connectivity index (χ0v) is 14.2. The zero-order chi connectivity index (χ0) is 15.5. The predicted octanol–water partition coefficient (Wildman–Crippen LogP) is 2.43. The molecule has 0 bridgehead atoms. The van der Waals surface area contributed by atoms with Gasteiger partial charge in [-0.25, -0.2) is 4.79 Å². The van der Waals surface area contributed by atoms with Gasteiger partial charge in [0.1, 0.15) is 5.54 Å². The van der Waals surface area contributed by atoms with Gasteiger partial charge in [0.2, 0.25) is 0 Å². The molecule has 1 heterocycles. The molecular formula is C17H32N2O2. The molecule has 4 heteroatoms. The fraction of sp³-hybridized carbons (Fsp3) is 0.941. The third-order valence-corrected chi connectivity index (χ3v) is 5.71. The topological polar surface area (TPSA) is 41.6 Å². The van der Waals surface area contributed by atoms with E-state index in [-0.39, 0.29) is 5.97 Å². The van der Waals surface area contributed by atoms with E-state index in [2.05, 4.69) is 31.0 Å². The third kappa shape index (κ3) is 3.59. The first-order valence-electron chi connectivity index (χ1n) is 8.55. The summed E-state index contributed by atoms with van der Waals surface area (Å²) in [4.78, 5) is 14.9. The number of ether oxygens (including phenoxy) is 1. The highest BCUT2D eigenvalue weighted by Gasteiger charge is 2.52. The molecule has 122 valence electrons. The fourth-order valence-electron chi connectivity index (χ4n) is 3.66. The summed E-state index contributed by atoms with van der Waals surface area (Å²) < 4.78 is 5.15. The first kappa shape index (κ1) is 16.8. The van der Waals surface area contributed by atoms with Crippen LogP contribution in [0.4, 0.5) is 0 Å². The van der Waals surface area contributed by atoms with Crippen molar-refractivity contribution < 1.29 is 9.53 Å². The average molecular weight is 296 g/mol. The number of methoxy groups -OCH3 is 1. The van der Waals surface area contributed by atoms with Crippen molar-refractivity contribution in [3.8, 4) is 0 Å². The molecule has 0 radical (unpaired) electrons. The number of carbonyl (C=O) groups excluding carboxylic acids is 1. The van der Waals surface area contributed by atoms with Crippen molar-refractivity contribution in [3.63, 3.8) is 0 Å². The van der Waals surface area contributed by atoms with E-state index in [9.17, 15) is 4.79 Å². The van der Waals surface area contributed by atoms with Gasteiger partial charge in [-0.1, -0.05) is 27.2 Å². The van der Waals surface area contributed by atoms with Crippen molar-refractivity contribution in [2.24, 2.45) is 11.3 Å². The largest absolute Gasteiger partial charge is 0.468 e. The van der Waals surface area contributed by atoms with Crippen LogP contribution in [0.5, 0.6) is 0 Å². The zero-order valence-electron chi connectivity index (χ0n) is 14.2. The van der Waals surface area contributed by atoms with Gasteiger partial charge < -0.3 is 15.0 Å². The van der Waals surface area contributed by atoms with E-state index < -0.39 is 5.54 Å². The Kier molecular flexibility index (Phi) is 5.31. The molecule has 1 saturated carbocycles. The molecule has 0 spiro atoms. The Hall–Kier alpha value is -0.610. The van der Waals surface area contributed by atoms with Gasteiger partial charge in [-0.3, -0.25) is 0 Å². The lowest BCUT2D eigenvalue weighted by atomic mass is 9.77. The minimum Gasteiger partial charge on any atom is -0.468 e. The number of carbonyl (C=O) groups is 1. The highest BCUT2D eigenvalue weighted by atomic mass is 16.5. The number of rotatable bonds is 7. The molecule has 1 saturated heterocycles. The molecule has 0 amide bonds. The van der Waals surface area contributed by atoms with Crippen molar-refractivity contribution in [2.75, 3.05) is 33.3 Å². The lowest BCUT2D eigenvalue weighted by Crippen LogP contribution is -2.62. The van der Waals surface area contributed by atoms with Crippen LogP contribution in [0.1, 0.15) is 52.9 Å². The van der Waals surface area contributed by atoms with Crippen LogP contribution in [0, 0.1) is 11.3 Å². The SMILES string of the molecule is CCNC(CN1CCC(C)(CC)CC1)(C(=O)OC)C1CC1. The van der Waals surface area contributed by atoms with Gasteiger partial charge in [0.25, 0.3) is 0 Å². The molecule has 4 nitrogen and oxygen atoms in total. The highest BCUT2D eigenvalue weighted by Crippen LogP contribution is 2.42. The monoisotopic (exact) mass is 296 g/mol. The molecule has 1 aliphatic carbocycles. The van der Waals surface area contributed by atoms with Gasteiger partial charge in [-0.2, -0.15) is 0 Å². The first-order valence-corrected chi connectivity index (χ1v) is 8.55. The maximum absolute atomic E-state index is 12.5. The second-order valence-electron chi connectivity index (χ2n) is 7.21. The van der Waals surface area contributed by atoms with Crippen LogP contribution in [-0.4, -0.2) is 49.7 Å². The summed E-state index contributed by atoms with van der Waals surface area (Å²) in [5, 5.41) is 3.47. The number of nitrogens with zero attached hydrogens (tertiary/aromatic N) is 1. The summed E-state index contributed by atoms with van der Waals surface area (Å²) >= 11 is 0. The van der Waals surface area contributed by atoms with E-state index in [1.807, 2.05) is 0 Å². The first-order chi connectivity index (χ1) is 9.99. The molecule has 21 heavy (non-hydrogen) atoms. The van der Waals surface area contributed by atoms with Crippen LogP contribution >= 0.6 is 0 Å². The lowest BCUT2D eigenvalue weighted by Gasteiger charge is -2.43. The van der Waals surface area contributed by atoms with E-state index >= 15 is 0 Å². The number of likely N-dealkylation sites (N-methyl/N-ethyl adjacent to an activating group) is 1. The van der Waals surface area contributed by atoms with Crippen molar-refractivity contribution in [2.45, 2.75) is 58.4 Å². The smallest absolute Gasteiger partial charge is 0.327 e. The van der Waals surface area contributed by atoms with Crippen molar-refractivity contribution in [3.05, 3.63) is 0 Å². The standard InChI is InChI=1S/C17H32N2O2/c1-5-16(3)9-11-19(12-10-16)13-17(18-6-2,14-7-8-14)15(20)21-4/h14,18H,5-13H2,1-4H3. The van der Waals surface area contributed by atoms with Gasteiger partial charge in [0.15, 0.2) is 0 Å². The third-order valence-electron chi connectivity index (χ3n) is 5.71. The van der Waals surface area contributed by atoms with Crippen LogP contribution in [0.25, 0.3) is 0 Å². The maximum atomic E-state index is 12.5. The molecule has 1 unspecified atom stereocenters. The lowest BCUT2D eigenvalue weighted by molar-refractivity contribution is -0.151. The predicted molar refractivity (Wildman–Crippen MR) is 85.2 cm³/mol. The molecule has 0 aromatic carbocycles. The van der Waals surface area contributed by atoms with Crippen molar-refractivity contribution >= 4 is 5.97 Å². The number of piperidine rings is 1. The summed E-state index contributed by atoms with van der Waals surface area (Å²) in [7, 11) is 1.52. The Morgan fingerprint density at radius 1 is 1.33 bits per heavy atom. The summed E-state index contributed by atoms with van der Waals surface area (Å²) in [5.74, 6) is 0.375. The van der Waals surface area contributed by atoms with Gasteiger partial charge in [0.05, 0.1) is 7.11 Å². The Labute approximate surface area is 129 Å². The summed E-state index contributed by atoms with van der Waals surface area (Å²) in [6.45, 7) is 10.6. The van der Waals surface area contributed by atoms with Crippen LogP contribution in [0.2, 0.25) is 0 Å². The van der Waals surface area contributed by atoms with Crippen LogP contribution in [0.3, 0.4) is 0 Å². The van der Waals surface area contributed by atoms with E-state index in [0.717, 1.165) is 39.0 Å². The van der Waals surface area contributed by atoms with Crippen LogP contribution < -0.4 is 5.32 Å². The fourth-order valence-corrected chi connectivity index (χ4v) is 3.66. The highest BCUT2D eigenvalue weighted by molar-refractivity contribution is 5.82. The van der Waals surface area contributed by atoms with E-state index in [1.165, 1.54) is 26.4 Å². The number of hydrogen-bond acceptors (Lipinski definition) is 4. The second-order valence-corrected chi connectivity index (χ2v) is 7.21. The summed E-state index contributed by atoms with van der Waals surface area (Å²) in [6.07, 6.45) is 6.00. The van der Waals surface area contributed by atoms with Crippen LogP contribution in [-0.2, 0) is 9.53 Å². The quantitative estimate of drug-likeness (QED) is 0.733. The average Bonchev–Trinajstić information content (AvgIpc) is 3.33. The number of likely N-dealkylation sites (tertiary alicyclic amines) is 1. The van der Waals surface area contributed by atoms with E-state index in [1.54, 1.807) is 0 Å². The molecule has 2 rings (SSSR count). The molecule has 0 aromatic rings. The summed E-state index contributed by atoms with van der Waals surface area (Å²) in [5.41, 5.74) is 0.00560. The van der Waals surface area contributed by atoms with Crippen molar-refractivity contribution in [1.82, 2.24) is 10.2 Å². The molecule has 0 aromatic heterocycles. The molecule has 1 N–H and O–H groups in total. The molecule has 2 fully saturated rings. The second kappa shape index (κ2) is 6.66. The Morgan fingerprint density at radius 2 is 1.95 bits per heavy atom. The van der Waals surface area contributed by atoms with Gasteiger partial charge in [-0.15, -0.1) is 0 Å². The van der Waals surface area contributed by atoms with E-state index in [4.69, 9.17) is 4.74 Å². The summed E-state index contributed by atoms with van der Waals surface area (Å²) in [6, 6.07) is 0. The number of esters is 1.